The Hall–Kier alpha value is 0.274. The minimum absolute atomic E-state index is 0.0990. The van der Waals surface area contributed by atoms with E-state index in [9.17, 15) is 0 Å². The van der Waals surface area contributed by atoms with E-state index in [4.69, 9.17) is 11.1 Å². The van der Waals surface area contributed by atoms with Gasteiger partial charge in [-0.2, -0.15) is 0 Å². The van der Waals surface area contributed by atoms with Crippen molar-refractivity contribution in [2.24, 2.45) is 5.73 Å². The van der Waals surface area contributed by atoms with E-state index >= 15 is 0 Å². The standard InChI is InChI=1S/C3H5N2S.V/c1-2-6-3(4)5;/h1H3,(H2-,4,5);/q-1;. The molecule has 0 saturated heterocycles. The van der Waals surface area contributed by atoms with Crippen LogP contribution >= 0.6 is 11.8 Å². The number of nitrogens with zero attached hydrogens (tertiary/aromatic N) is 1. The van der Waals surface area contributed by atoms with Crippen molar-refractivity contribution < 1.29 is 17.0 Å². The van der Waals surface area contributed by atoms with Gasteiger partial charge in [0, 0.05) is 0 Å². The number of thioether (sulfide) groups is 1. The fraction of sp³-hybridized carbons (Fsp3) is 0.333. The summed E-state index contributed by atoms with van der Waals surface area (Å²) in [6, 6.07) is 0. The van der Waals surface area contributed by atoms with Crippen LogP contribution in [-0.4, -0.2) is 8.73 Å². The van der Waals surface area contributed by atoms with Crippen molar-refractivity contribution in [2.75, 3.05) is 0 Å². The van der Waals surface area contributed by atoms with Gasteiger partial charge in [0.2, 0.25) is 0 Å². The second-order valence-corrected chi connectivity index (χ2v) is 3.73. The second kappa shape index (κ2) is 3.30. The molecular formula is C3H5N2SV-. The predicted octanol–water partition coefficient (Wildman–Crippen LogP) is 0.300. The molecule has 0 heterocycles. The van der Waals surface area contributed by atoms with Crippen LogP contribution in [0.5, 0.6) is 0 Å². The van der Waals surface area contributed by atoms with Gasteiger partial charge in [0.15, 0.2) is 0 Å². The molecule has 0 aromatic rings. The molecule has 7 heavy (non-hydrogen) atoms. The third-order valence-corrected chi connectivity index (χ3v) is 1.18. The molecule has 0 aromatic heterocycles. The molecule has 0 rings (SSSR count). The number of rotatable bonds is 1. The van der Waals surface area contributed by atoms with E-state index in [1.165, 1.54) is 0 Å². The molecular weight excluding hydrogens is 147 g/mol. The van der Waals surface area contributed by atoms with Gasteiger partial charge in [0.1, 0.15) is 0 Å². The number of hydrogen-bond donors (Lipinski definition) is 1. The third-order valence-electron chi connectivity index (χ3n) is 0.252. The van der Waals surface area contributed by atoms with Crippen LogP contribution < -0.4 is 5.73 Å². The van der Waals surface area contributed by atoms with Gasteiger partial charge in [-0.05, 0) is 0 Å². The van der Waals surface area contributed by atoms with Crippen molar-refractivity contribution in [3.63, 3.8) is 0 Å². The zero-order valence-electron chi connectivity index (χ0n) is 3.88. The van der Waals surface area contributed by atoms with E-state index < -0.39 is 0 Å². The third kappa shape index (κ3) is 6.27. The molecule has 0 unspecified atom stereocenters. The molecule has 0 atom stereocenters. The average molecular weight is 152 g/mol. The first-order chi connectivity index (χ1) is 3.13. The Morgan fingerprint density at radius 1 is 1.86 bits per heavy atom. The van der Waals surface area contributed by atoms with Gasteiger partial charge >= 0.3 is 55.5 Å². The predicted molar refractivity (Wildman–Crippen MR) is 30.8 cm³/mol. The van der Waals surface area contributed by atoms with Crippen LogP contribution in [0.4, 0.5) is 0 Å². The molecule has 0 aliphatic heterocycles. The zero-order valence-corrected chi connectivity index (χ0v) is 6.09. The average Bonchev–Trinajstić information content (AvgIpc) is 1.27. The van der Waals surface area contributed by atoms with Gasteiger partial charge < -0.3 is 0 Å². The van der Waals surface area contributed by atoms with Crippen LogP contribution in [0, 0.1) is 0 Å². The summed E-state index contributed by atoms with van der Waals surface area (Å²) in [4.78, 5) is 0. The Balaban J connectivity index is 3.32. The Bertz CT molecular complexity index is 89.1. The number of nitrogens with two attached hydrogens (primary N) is 1. The Morgan fingerprint density at radius 2 is 2.29 bits per heavy atom. The molecule has 0 radical (unpaired) electrons. The van der Waals surface area contributed by atoms with Crippen LogP contribution in [0.15, 0.2) is 0 Å². The van der Waals surface area contributed by atoms with Gasteiger partial charge in [-0.25, -0.2) is 0 Å². The first-order valence-electron chi connectivity index (χ1n) is 1.64. The van der Waals surface area contributed by atoms with Crippen molar-refractivity contribution in [1.82, 2.24) is 0 Å². The van der Waals surface area contributed by atoms with Gasteiger partial charge in [-0.3, -0.25) is 0 Å². The Morgan fingerprint density at radius 3 is 2.29 bits per heavy atom. The van der Waals surface area contributed by atoms with E-state index in [0.717, 1.165) is 15.3 Å². The summed E-state index contributed by atoms with van der Waals surface area (Å²) in [5, 5.41) is 8.25. The van der Waals surface area contributed by atoms with E-state index in [-0.39, 0.29) is 5.17 Å². The van der Waals surface area contributed by atoms with Crippen LogP contribution in [0.25, 0.3) is 5.41 Å². The van der Waals surface area contributed by atoms with Crippen molar-refractivity contribution in [3.8, 4) is 0 Å². The SMILES string of the molecule is C[C](=[V])SC(=[N-])N. The van der Waals surface area contributed by atoms with E-state index in [0.29, 0.717) is 0 Å². The summed E-state index contributed by atoms with van der Waals surface area (Å²) in [6.45, 7) is 1.85. The second-order valence-electron chi connectivity index (χ2n) is 0.959. The maximum atomic E-state index is 8.35. The molecule has 0 aliphatic rings. The van der Waals surface area contributed by atoms with E-state index in [1.54, 1.807) is 0 Å². The molecule has 0 saturated carbocycles. The maximum absolute atomic E-state index is 8.35. The summed E-state index contributed by atoms with van der Waals surface area (Å²) in [6.07, 6.45) is 0. The molecule has 2 N–H and O–H groups in total. The van der Waals surface area contributed by atoms with Crippen LogP contribution in [-0.2, 0) is 17.0 Å². The first kappa shape index (κ1) is 7.27. The first-order valence-corrected chi connectivity index (χ1v) is 3.16. The van der Waals surface area contributed by atoms with Gasteiger partial charge in [-0.1, -0.05) is 0 Å². The van der Waals surface area contributed by atoms with Gasteiger partial charge in [0.25, 0.3) is 0 Å². The van der Waals surface area contributed by atoms with Gasteiger partial charge in [-0.15, -0.1) is 0 Å². The Labute approximate surface area is 55.9 Å². The van der Waals surface area contributed by atoms with Crippen LogP contribution in [0.1, 0.15) is 6.92 Å². The summed E-state index contributed by atoms with van der Waals surface area (Å²) < 4.78 is 0.979. The topological polar surface area (TPSA) is 48.3 Å². The molecule has 0 amide bonds. The fourth-order valence-electron chi connectivity index (χ4n) is 0.151. The zero-order chi connectivity index (χ0) is 5.86. The molecule has 0 fully saturated rings. The summed E-state index contributed by atoms with van der Waals surface area (Å²) in [5.74, 6) is 0. The molecule has 0 aromatic carbocycles. The van der Waals surface area contributed by atoms with Crippen molar-refractivity contribution in [1.29, 1.82) is 0 Å². The van der Waals surface area contributed by atoms with E-state index in [2.05, 4.69) is 17.0 Å². The normalized spacial score (nSPS) is 8.00. The molecule has 4 heteroatoms. The van der Waals surface area contributed by atoms with Gasteiger partial charge in [0.05, 0.1) is 0 Å². The number of hydrogen-bond acceptors (Lipinski definition) is 1. The molecule has 0 spiro atoms. The minimum atomic E-state index is -0.0990. The van der Waals surface area contributed by atoms with Crippen molar-refractivity contribution >= 4 is 20.5 Å². The van der Waals surface area contributed by atoms with E-state index in [1.807, 2.05) is 6.92 Å². The summed E-state index contributed by atoms with van der Waals surface area (Å²) >= 11 is 3.43. The monoisotopic (exact) mass is 152 g/mol. The van der Waals surface area contributed by atoms with Crippen LogP contribution in [0.2, 0.25) is 0 Å². The quantitative estimate of drug-likeness (QED) is 0.434. The molecule has 0 bridgehead atoms. The fourth-order valence-corrected chi connectivity index (χ4v) is 0.892. The van der Waals surface area contributed by atoms with Crippen molar-refractivity contribution in [3.05, 3.63) is 5.41 Å². The summed E-state index contributed by atoms with van der Waals surface area (Å²) in [7, 11) is 0. The molecule has 2 nitrogen and oxygen atoms in total. The van der Waals surface area contributed by atoms with Crippen LogP contribution in [0.3, 0.4) is 0 Å². The molecule has 39 valence electrons. The summed E-state index contributed by atoms with van der Waals surface area (Å²) in [5.41, 5.74) is 4.90. The number of amidine groups is 1. The van der Waals surface area contributed by atoms with Crippen molar-refractivity contribution in [2.45, 2.75) is 6.92 Å². The molecule has 0 aliphatic carbocycles. The Kier molecular flexibility index (Phi) is 3.43.